The first-order chi connectivity index (χ1) is 3.31. The third kappa shape index (κ3) is 5.00. The van der Waals surface area contributed by atoms with Gasteiger partial charge in [0.25, 0.3) is 0 Å². The SMILES string of the molecule is O=C(CCI)[O][Hg]. The fraction of sp³-hybridized carbons (Fsp3) is 0.667. The predicted octanol–water partition coefficient (Wildman–Crippen LogP) is 0.817. The summed E-state index contributed by atoms with van der Waals surface area (Å²) >= 11 is 2.34. The maximum absolute atomic E-state index is 10.2. The number of carbonyl (C=O) groups excluding carboxylic acids is 1. The Bertz CT molecular complexity index is 66.0. The summed E-state index contributed by atoms with van der Waals surface area (Å²) in [6, 6.07) is 0. The van der Waals surface area contributed by atoms with Crippen LogP contribution in [0.2, 0.25) is 0 Å². The normalized spacial score (nSPS) is 8.43. The van der Waals surface area contributed by atoms with Gasteiger partial charge in [-0.1, -0.05) is 0 Å². The van der Waals surface area contributed by atoms with Gasteiger partial charge in [-0.3, -0.25) is 0 Å². The van der Waals surface area contributed by atoms with Crippen molar-refractivity contribution >= 4 is 28.6 Å². The standard InChI is InChI=1S/C3H5IO2.Hg/c4-2-1-3(5)6;/h1-2H2,(H,5,6);/q;+1/p-1. The van der Waals surface area contributed by atoms with E-state index in [-0.39, 0.29) is 32.5 Å². The second kappa shape index (κ2) is 5.28. The van der Waals surface area contributed by atoms with Gasteiger partial charge in [-0.05, 0) is 0 Å². The first-order valence-corrected chi connectivity index (χ1v) is 5.59. The third-order valence-electron chi connectivity index (χ3n) is 0.460. The van der Waals surface area contributed by atoms with Crippen molar-refractivity contribution < 1.29 is 34.0 Å². The summed E-state index contributed by atoms with van der Waals surface area (Å²) in [5.74, 6) is -0.0438. The van der Waals surface area contributed by atoms with Crippen molar-refractivity contribution in [2.45, 2.75) is 6.42 Å². The topological polar surface area (TPSA) is 26.3 Å². The zero-order valence-corrected chi connectivity index (χ0v) is 11.5. The monoisotopic (exact) mass is 401 g/mol. The summed E-state index contributed by atoms with van der Waals surface area (Å²) in [7, 11) is 0. The zero-order valence-electron chi connectivity index (χ0n) is 3.82. The Morgan fingerprint density at radius 2 is 2.43 bits per heavy atom. The van der Waals surface area contributed by atoms with Crippen LogP contribution in [0.4, 0.5) is 0 Å². The Hall–Kier alpha value is 1.14. The Labute approximate surface area is 72.8 Å². The van der Waals surface area contributed by atoms with Crippen molar-refractivity contribution in [3.8, 4) is 0 Å². The Morgan fingerprint density at radius 1 is 1.86 bits per heavy atom. The van der Waals surface area contributed by atoms with Crippen molar-refractivity contribution in [2.75, 3.05) is 4.43 Å². The minimum absolute atomic E-state index is 0.0438. The number of hydrogen-bond acceptors (Lipinski definition) is 2. The Balaban J connectivity index is 3.00. The molecule has 0 fully saturated rings. The first-order valence-electron chi connectivity index (χ1n) is 1.82. The zero-order chi connectivity index (χ0) is 5.70. The van der Waals surface area contributed by atoms with Gasteiger partial charge in [-0.15, -0.1) is 0 Å². The van der Waals surface area contributed by atoms with Gasteiger partial charge >= 0.3 is 73.4 Å². The Morgan fingerprint density at radius 3 is 2.57 bits per heavy atom. The van der Waals surface area contributed by atoms with Gasteiger partial charge in [0.05, 0.1) is 0 Å². The molecule has 0 aromatic heterocycles. The van der Waals surface area contributed by atoms with Crippen LogP contribution in [0.15, 0.2) is 0 Å². The number of carbonyl (C=O) groups is 1. The van der Waals surface area contributed by atoms with Crippen LogP contribution >= 0.6 is 22.6 Å². The van der Waals surface area contributed by atoms with Crippen molar-refractivity contribution in [1.29, 1.82) is 0 Å². The molecular weight excluding hydrogens is 396 g/mol. The molecule has 0 radical (unpaired) electrons. The molecule has 0 rings (SSSR count). The van der Waals surface area contributed by atoms with E-state index in [2.05, 4.69) is 25.2 Å². The molecule has 0 unspecified atom stereocenters. The molecule has 0 atom stereocenters. The third-order valence-corrected chi connectivity index (χ3v) is 2.25. The Kier molecular flexibility index (Phi) is 6.13. The number of halogens is 1. The molecular formula is C3H4HgIO2. The van der Waals surface area contributed by atoms with E-state index >= 15 is 0 Å². The molecule has 0 aliphatic rings. The molecule has 0 saturated carbocycles. The van der Waals surface area contributed by atoms with Crippen LogP contribution < -0.4 is 0 Å². The van der Waals surface area contributed by atoms with E-state index in [4.69, 9.17) is 0 Å². The van der Waals surface area contributed by atoms with Crippen molar-refractivity contribution in [3.63, 3.8) is 0 Å². The molecule has 7 heavy (non-hydrogen) atoms. The molecule has 0 bridgehead atoms. The van der Waals surface area contributed by atoms with Gasteiger partial charge in [0, 0.05) is 0 Å². The van der Waals surface area contributed by atoms with E-state index < -0.39 is 0 Å². The molecule has 2 nitrogen and oxygen atoms in total. The molecule has 0 amide bonds. The van der Waals surface area contributed by atoms with Crippen LogP contribution in [-0.2, 0) is 34.0 Å². The molecule has 0 aromatic carbocycles. The van der Waals surface area contributed by atoms with Crippen molar-refractivity contribution in [1.82, 2.24) is 0 Å². The summed E-state index contributed by atoms with van der Waals surface area (Å²) in [4.78, 5) is 10.2. The van der Waals surface area contributed by atoms with E-state index in [0.717, 1.165) is 4.43 Å². The van der Waals surface area contributed by atoms with Crippen molar-refractivity contribution in [2.24, 2.45) is 0 Å². The summed E-state index contributed by atoms with van der Waals surface area (Å²) in [5, 5.41) is 0. The van der Waals surface area contributed by atoms with Crippen LogP contribution in [0.5, 0.6) is 0 Å². The number of alkyl halides is 1. The van der Waals surface area contributed by atoms with E-state index in [1.54, 1.807) is 0 Å². The second-order valence-electron chi connectivity index (χ2n) is 0.955. The molecule has 4 heteroatoms. The fourth-order valence-electron chi connectivity index (χ4n) is 0.149. The quantitative estimate of drug-likeness (QED) is 0.390. The molecule has 37 valence electrons. The van der Waals surface area contributed by atoms with Gasteiger partial charge in [-0.25, -0.2) is 0 Å². The molecule has 0 heterocycles. The summed E-state index contributed by atoms with van der Waals surface area (Å²) in [5.41, 5.74) is 0. The van der Waals surface area contributed by atoms with E-state index in [0.29, 0.717) is 6.42 Å². The molecule has 0 spiro atoms. The van der Waals surface area contributed by atoms with Crippen LogP contribution in [0.1, 0.15) is 6.42 Å². The molecule has 0 aliphatic heterocycles. The number of hydrogen-bond donors (Lipinski definition) is 0. The summed E-state index contributed by atoms with van der Waals surface area (Å²) in [6.45, 7) is 0. The molecule has 0 N–H and O–H groups in total. The molecule has 0 aromatic rings. The summed E-state index contributed by atoms with van der Waals surface area (Å²) in [6.07, 6.45) is 0.573. The van der Waals surface area contributed by atoms with Crippen LogP contribution in [0.25, 0.3) is 0 Å². The maximum atomic E-state index is 10.2. The van der Waals surface area contributed by atoms with Gasteiger partial charge in [0.15, 0.2) is 0 Å². The molecule has 0 saturated heterocycles. The predicted molar refractivity (Wildman–Crippen MR) is 29.6 cm³/mol. The average Bonchev–Trinajstić information content (AvgIpc) is 1.68. The minimum atomic E-state index is -0.0438. The first kappa shape index (κ1) is 8.14. The van der Waals surface area contributed by atoms with Gasteiger partial charge in [0.1, 0.15) is 0 Å². The van der Waals surface area contributed by atoms with E-state index in [9.17, 15) is 4.79 Å². The van der Waals surface area contributed by atoms with Crippen LogP contribution in [-0.4, -0.2) is 10.4 Å². The van der Waals surface area contributed by atoms with Gasteiger partial charge in [-0.2, -0.15) is 0 Å². The van der Waals surface area contributed by atoms with E-state index in [1.165, 1.54) is 0 Å². The van der Waals surface area contributed by atoms with Crippen molar-refractivity contribution in [3.05, 3.63) is 0 Å². The second-order valence-corrected chi connectivity index (χ2v) is 3.16. The average molecular weight is 400 g/mol. The molecule has 0 aliphatic carbocycles. The van der Waals surface area contributed by atoms with Gasteiger partial charge < -0.3 is 0 Å². The van der Waals surface area contributed by atoms with Gasteiger partial charge in [0.2, 0.25) is 0 Å². The van der Waals surface area contributed by atoms with Crippen LogP contribution in [0.3, 0.4) is 0 Å². The van der Waals surface area contributed by atoms with Crippen LogP contribution in [0, 0.1) is 0 Å². The number of rotatable bonds is 2. The summed E-state index contributed by atoms with van der Waals surface area (Å²) < 4.78 is 5.41. The fourth-order valence-corrected chi connectivity index (χ4v) is 1.15. The van der Waals surface area contributed by atoms with E-state index in [1.807, 2.05) is 0 Å².